The van der Waals surface area contributed by atoms with Gasteiger partial charge in [-0.15, -0.1) is 0 Å². The van der Waals surface area contributed by atoms with E-state index in [-0.39, 0.29) is 32.4 Å². The van der Waals surface area contributed by atoms with Crippen molar-refractivity contribution in [2.24, 2.45) is 5.41 Å². The van der Waals surface area contributed by atoms with E-state index >= 15 is 0 Å². The molecule has 0 aromatic heterocycles. The largest absolute Gasteiger partial charge is 0.462 e. The third kappa shape index (κ3) is 9.50. The van der Waals surface area contributed by atoms with Crippen LogP contribution in [0.25, 0.3) is 0 Å². The molecule has 1 aromatic rings. The van der Waals surface area contributed by atoms with E-state index in [2.05, 4.69) is 17.2 Å². The standard InChI is InChI=1S/C22H30N2O8/c1-6-18(25)29-10-12-32-21(28)24-17-14-16(9-8-15(17)3)23-20(27)31-13-11-30-19(26)22(4,5)7-2/h6,8-9,14H,1,7,10-13H2,2-5H3,(H,23,27)(H,24,28). The van der Waals surface area contributed by atoms with Gasteiger partial charge >= 0.3 is 24.1 Å². The third-order valence-electron chi connectivity index (χ3n) is 4.43. The molecule has 1 rings (SSSR count). The number of carbonyl (C=O) groups is 4. The summed E-state index contributed by atoms with van der Waals surface area (Å²) in [7, 11) is 0. The lowest BCUT2D eigenvalue weighted by Gasteiger charge is -2.20. The van der Waals surface area contributed by atoms with Gasteiger partial charge in [0, 0.05) is 17.5 Å². The zero-order chi connectivity index (χ0) is 24.1. The van der Waals surface area contributed by atoms with Gasteiger partial charge in [-0.05, 0) is 44.9 Å². The van der Waals surface area contributed by atoms with Crippen LogP contribution in [0.5, 0.6) is 0 Å². The molecule has 32 heavy (non-hydrogen) atoms. The van der Waals surface area contributed by atoms with E-state index in [1.165, 1.54) is 6.07 Å². The number of rotatable bonds is 11. The molecule has 0 saturated carbocycles. The minimum Gasteiger partial charge on any atom is -0.462 e. The molecule has 0 aliphatic heterocycles. The van der Waals surface area contributed by atoms with Gasteiger partial charge in [0.05, 0.1) is 5.41 Å². The van der Waals surface area contributed by atoms with Crippen LogP contribution < -0.4 is 10.6 Å². The van der Waals surface area contributed by atoms with Crippen molar-refractivity contribution in [3.05, 3.63) is 36.4 Å². The first-order valence-corrected chi connectivity index (χ1v) is 10.0. The van der Waals surface area contributed by atoms with Gasteiger partial charge in [-0.25, -0.2) is 14.4 Å². The maximum Gasteiger partial charge on any atom is 0.411 e. The molecule has 10 nitrogen and oxygen atoms in total. The van der Waals surface area contributed by atoms with Gasteiger partial charge in [0.2, 0.25) is 0 Å². The minimum absolute atomic E-state index is 0.0513. The smallest absolute Gasteiger partial charge is 0.411 e. The fourth-order valence-electron chi connectivity index (χ4n) is 2.08. The summed E-state index contributed by atoms with van der Waals surface area (Å²) in [6.07, 6.45) is 0.149. The van der Waals surface area contributed by atoms with Gasteiger partial charge in [-0.2, -0.15) is 0 Å². The van der Waals surface area contributed by atoms with Crippen molar-refractivity contribution in [2.45, 2.75) is 34.1 Å². The number of aryl methyl sites for hydroxylation is 1. The molecule has 1 aromatic carbocycles. The summed E-state index contributed by atoms with van der Waals surface area (Å²) >= 11 is 0. The summed E-state index contributed by atoms with van der Waals surface area (Å²) in [5, 5.41) is 5.06. The quantitative estimate of drug-likeness (QED) is 0.225. The summed E-state index contributed by atoms with van der Waals surface area (Å²) in [4.78, 5) is 46.6. The molecular formula is C22H30N2O8. The Balaban J connectivity index is 2.46. The molecule has 0 aliphatic carbocycles. The Morgan fingerprint density at radius 1 is 0.938 bits per heavy atom. The summed E-state index contributed by atoms with van der Waals surface area (Å²) in [6.45, 7) is 10.1. The number of carbonyl (C=O) groups excluding carboxylic acids is 4. The second-order valence-corrected chi connectivity index (χ2v) is 7.30. The van der Waals surface area contributed by atoms with Crippen LogP contribution in [0.15, 0.2) is 30.9 Å². The van der Waals surface area contributed by atoms with E-state index in [1.54, 1.807) is 32.9 Å². The van der Waals surface area contributed by atoms with Crippen molar-refractivity contribution < 1.29 is 38.1 Å². The SMILES string of the molecule is C=CC(=O)OCCOC(=O)Nc1cc(NC(=O)OCCOC(=O)C(C)(C)CC)ccc1C. The zero-order valence-electron chi connectivity index (χ0n) is 18.8. The molecular weight excluding hydrogens is 420 g/mol. The molecule has 0 bridgehead atoms. The number of ether oxygens (including phenoxy) is 4. The van der Waals surface area contributed by atoms with Gasteiger partial charge in [-0.1, -0.05) is 19.6 Å². The van der Waals surface area contributed by atoms with Crippen LogP contribution in [0.3, 0.4) is 0 Å². The average Bonchev–Trinajstić information content (AvgIpc) is 2.76. The van der Waals surface area contributed by atoms with Crippen LogP contribution >= 0.6 is 0 Å². The van der Waals surface area contributed by atoms with Crippen molar-refractivity contribution in [2.75, 3.05) is 37.1 Å². The maximum atomic E-state index is 11.9. The van der Waals surface area contributed by atoms with Crippen molar-refractivity contribution in [3.63, 3.8) is 0 Å². The fraction of sp³-hybridized carbons (Fsp3) is 0.455. The number of nitrogens with one attached hydrogen (secondary N) is 2. The molecule has 176 valence electrons. The molecule has 0 aliphatic rings. The Bertz CT molecular complexity index is 835. The van der Waals surface area contributed by atoms with Gasteiger partial charge in [0.1, 0.15) is 26.4 Å². The Morgan fingerprint density at radius 3 is 2.09 bits per heavy atom. The number of benzene rings is 1. The highest BCUT2D eigenvalue weighted by Gasteiger charge is 2.26. The highest BCUT2D eigenvalue weighted by Crippen LogP contribution is 2.22. The molecule has 0 fully saturated rings. The van der Waals surface area contributed by atoms with Gasteiger partial charge in [-0.3, -0.25) is 15.4 Å². The highest BCUT2D eigenvalue weighted by molar-refractivity contribution is 5.89. The number of amides is 2. The number of hydrogen-bond donors (Lipinski definition) is 2. The van der Waals surface area contributed by atoms with Gasteiger partial charge in [0.15, 0.2) is 0 Å². The van der Waals surface area contributed by atoms with Crippen LogP contribution in [0.4, 0.5) is 21.0 Å². The predicted molar refractivity (Wildman–Crippen MR) is 117 cm³/mol. The van der Waals surface area contributed by atoms with E-state index in [1.807, 2.05) is 6.92 Å². The Labute approximate surface area is 187 Å². The van der Waals surface area contributed by atoms with E-state index in [9.17, 15) is 19.2 Å². The zero-order valence-corrected chi connectivity index (χ0v) is 18.8. The molecule has 0 unspecified atom stereocenters. The Morgan fingerprint density at radius 2 is 1.50 bits per heavy atom. The maximum absolute atomic E-state index is 11.9. The number of hydrogen-bond acceptors (Lipinski definition) is 8. The lowest BCUT2D eigenvalue weighted by atomic mass is 9.91. The minimum atomic E-state index is -0.751. The molecule has 2 N–H and O–H groups in total. The van der Waals surface area contributed by atoms with Gasteiger partial charge in [0.25, 0.3) is 0 Å². The number of esters is 2. The first kappa shape index (κ1) is 26.5. The van der Waals surface area contributed by atoms with Gasteiger partial charge < -0.3 is 18.9 Å². The Hall–Kier alpha value is -3.56. The van der Waals surface area contributed by atoms with E-state index in [0.29, 0.717) is 17.8 Å². The van der Waals surface area contributed by atoms with Crippen molar-refractivity contribution in [1.82, 2.24) is 0 Å². The highest BCUT2D eigenvalue weighted by atomic mass is 16.6. The lowest BCUT2D eigenvalue weighted by molar-refractivity contribution is -0.155. The Kier molecular flexibility index (Phi) is 10.7. The lowest BCUT2D eigenvalue weighted by Crippen LogP contribution is -2.27. The topological polar surface area (TPSA) is 129 Å². The van der Waals surface area contributed by atoms with Crippen LogP contribution in [0.2, 0.25) is 0 Å². The average molecular weight is 450 g/mol. The van der Waals surface area contributed by atoms with Crippen LogP contribution in [-0.2, 0) is 28.5 Å². The third-order valence-corrected chi connectivity index (χ3v) is 4.43. The fourth-order valence-corrected chi connectivity index (χ4v) is 2.08. The molecule has 0 atom stereocenters. The summed E-state index contributed by atoms with van der Waals surface area (Å²) in [5.74, 6) is -0.970. The van der Waals surface area contributed by atoms with E-state index < -0.39 is 23.6 Å². The van der Waals surface area contributed by atoms with Crippen molar-refractivity contribution >= 4 is 35.5 Å². The summed E-state index contributed by atoms with van der Waals surface area (Å²) in [5.41, 5.74) is 0.918. The van der Waals surface area contributed by atoms with E-state index in [0.717, 1.165) is 11.6 Å². The molecule has 0 spiro atoms. The first-order valence-electron chi connectivity index (χ1n) is 10.0. The number of anilines is 2. The van der Waals surface area contributed by atoms with Crippen LogP contribution in [-0.4, -0.2) is 50.6 Å². The van der Waals surface area contributed by atoms with Crippen molar-refractivity contribution in [1.29, 1.82) is 0 Å². The van der Waals surface area contributed by atoms with E-state index in [4.69, 9.17) is 18.9 Å². The summed E-state index contributed by atoms with van der Waals surface area (Å²) in [6, 6.07) is 4.84. The van der Waals surface area contributed by atoms with Crippen LogP contribution in [0.1, 0.15) is 32.8 Å². The summed E-state index contributed by atoms with van der Waals surface area (Å²) < 4.78 is 19.7. The molecule has 0 heterocycles. The molecule has 0 radical (unpaired) electrons. The molecule has 2 amide bonds. The normalized spacial score (nSPS) is 10.5. The van der Waals surface area contributed by atoms with Crippen LogP contribution in [0, 0.1) is 12.3 Å². The second-order valence-electron chi connectivity index (χ2n) is 7.30. The predicted octanol–water partition coefficient (Wildman–Crippen LogP) is 3.80. The monoisotopic (exact) mass is 450 g/mol. The molecule has 10 heteroatoms. The second kappa shape index (κ2) is 13.0. The first-order chi connectivity index (χ1) is 15.1. The van der Waals surface area contributed by atoms with Crippen molar-refractivity contribution in [3.8, 4) is 0 Å². The molecule has 0 saturated heterocycles.